The smallest absolute Gasteiger partial charge is 0.0650 e. The molecule has 0 saturated heterocycles. The molecule has 0 amide bonds. The van der Waals surface area contributed by atoms with Crippen LogP contribution in [0.25, 0.3) is 0 Å². The van der Waals surface area contributed by atoms with Gasteiger partial charge >= 0.3 is 0 Å². The molecule has 0 saturated carbocycles. The highest BCUT2D eigenvalue weighted by molar-refractivity contribution is 6.30. The zero-order valence-electron chi connectivity index (χ0n) is 7.84. The van der Waals surface area contributed by atoms with E-state index >= 15 is 0 Å². The van der Waals surface area contributed by atoms with Crippen molar-refractivity contribution in [2.24, 2.45) is 5.73 Å². The lowest BCUT2D eigenvalue weighted by atomic mass is 9.93. The van der Waals surface area contributed by atoms with Gasteiger partial charge in [0.15, 0.2) is 0 Å². The average molecular weight is 200 g/mol. The molecule has 0 fully saturated rings. The van der Waals surface area contributed by atoms with E-state index in [4.69, 9.17) is 22.4 Å². The van der Waals surface area contributed by atoms with Gasteiger partial charge in [-0.15, -0.1) is 0 Å². The van der Waals surface area contributed by atoms with E-state index in [-0.39, 0.29) is 6.61 Å². The summed E-state index contributed by atoms with van der Waals surface area (Å²) >= 11 is 5.88. The molecule has 1 aromatic rings. The van der Waals surface area contributed by atoms with Gasteiger partial charge in [0.05, 0.1) is 12.1 Å². The maximum atomic E-state index is 9.06. The Balaban J connectivity index is 3.15. The highest BCUT2D eigenvalue weighted by Crippen LogP contribution is 2.22. The molecule has 0 aliphatic heterocycles. The second kappa shape index (κ2) is 3.66. The zero-order chi connectivity index (χ0) is 10.1. The number of rotatable bonds is 2. The summed E-state index contributed by atoms with van der Waals surface area (Å²) in [4.78, 5) is 0. The van der Waals surface area contributed by atoms with Crippen LogP contribution in [0, 0.1) is 6.92 Å². The third-order valence-electron chi connectivity index (χ3n) is 2.03. The predicted molar refractivity (Wildman–Crippen MR) is 54.8 cm³/mol. The summed E-state index contributed by atoms with van der Waals surface area (Å²) < 4.78 is 0. The third-order valence-corrected chi connectivity index (χ3v) is 2.25. The van der Waals surface area contributed by atoms with Crippen LogP contribution in [-0.2, 0) is 5.54 Å². The summed E-state index contributed by atoms with van der Waals surface area (Å²) in [6.07, 6.45) is 0. The van der Waals surface area contributed by atoms with Crippen LogP contribution in [0.15, 0.2) is 18.2 Å². The van der Waals surface area contributed by atoms with Gasteiger partial charge in [0.2, 0.25) is 0 Å². The van der Waals surface area contributed by atoms with Crippen LogP contribution < -0.4 is 5.73 Å². The fraction of sp³-hybridized carbons (Fsp3) is 0.400. The lowest BCUT2D eigenvalue weighted by Crippen LogP contribution is -2.36. The second-order valence-electron chi connectivity index (χ2n) is 3.59. The summed E-state index contributed by atoms with van der Waals surface area (Å²) in [5, 5.41) is 9.71. The molecule has 0 spiro atoms. The monoisotopic (exact) mass is 199 g/mol. The van der Waals surface area contributed by atoms with E-state index < -0.39 is 5.54 Å². The van der Waals surface area contributed by atoms with E-state index in [2.05, 4.69) is 0 Å². The molecule has 0 unspecified atom stereocenters. The number of aliphatic hydroxyl groups is 1. The van der Waals surface area contributed by atoms with E-state index in [0.29, 0.717) is 5.02 Å². The number of hydrogen-bond donors (Lipinski definition) is 2. The Labute approximate surface area is 83.3 Å². The van der Waals surface area contributed by atoms with Crippen LogP contribution in [0.3, 0.4) is 0 Å². The Kier molecular flexibility index (Phi) is 2.96. The molecule has 0 radical (unpaired) electrons. The van der Waals surface area contributed by atoms with Crippen LogP contribution in [0.1, 0.15) is 18.1 Å². The van der Waals surface area contributed by atoms with E-state index in [9.17, 15) is 0 Å². The largest absolute Gasteiger partial charge is 0.394 e. The summed E-state index contributed by atoms with van der Waals surface area (Å²) in [6.45, 7) is 3.63. The van der Waals surface area contributed by atoms with E-state index in [1.807, 2.05) is 19.1 Å². The first-order chi connectivity index (χ1) is 5.95. The maximum Gasteiger partial charge on any atom is 0.0650 e. The molecule has 0 heterocycles. The molecule has 1 aromatic carbocycles. The zero-order valence-corrected chi connectivity index (χ0v) is 8.60. The Morgan fingerprint density at radius 1 is 1.46 bits per heavy atom. The van der Waals surface area contributed by atoms with Gasteiger partial charge in [0.25, 0.3) is 0 Å². The first-order valence-corrected chi connectivity index (χ1v) is 4.51. The molecule has 72 valence electrons. The van der Waals surface area contributed by atoms with Crippen molar-refractivity contribution in [1.29, 1.82) is 0 Å². The number of aliphatic hydroxyl groups excluding tert-OH is 1. The van der Waals surface area contributed by atoms with Crippen LogP contribution in [0.4, 0.5) is 0 Å². The van der Waals surface area contributed by atoms with Gasteiger partial charge in [-0.25, -0.2) is 0 Å². The van der Waals surface area contributed by atoms with Crippen molar-refractivity contribution in [3.8, 4) is 0 Å². The standard InChI is InChI=1S/C10H14ClNO/c1-7-3-8(5-9(11)4-7)10(2,12)6-13/h3-5,13H,6,12H2,1-2H3/t10-/m1/s1. The number of hydrogen-bond acceptors (Lipinski definition) is 2. The van der Waals surface area contributed by atoms with Gasteiger partial charge in [-0.3, -0.25) is 0 Å². The van der Waals surface area contributed by atoms with E-state index in [0.717, 1.165) is 11.1 Å². The lowest BCUT2D eigenvalue weighted by molar-refractivity contribution is 0.210. The second-order valence-corrected chi connectivity index (χ2v) is 4.03. The highest BCUT2D eigenvalue weighted by Gasteiger charge is 2.20. The molecular formula is C10H14ClNO. The van der Waals surface area contributed by atoms with E-state index in [1.54, 1.807) is 13.0 Å². The summed E-state index contributed by atoms with van der Waals surface area (Å²) in [6, 6.07) is 5.57. The lowest BCUT2D eigenvalue weighted by Gasteiger charge is -2.22. The minimum absolute atomic E-state index is 0.0905. The Hall–Kier alpha value is -0.570. The molecule has 0 aliphatic rings. The normalized spacial score (nSPS) is 15.5. The summed E-state index contributed by atoms with van der Waals surface area (Å²) in [7, 11) is 0. The first-order valence-electron chi connectivity index (χ1n) is 4.13. The quantitative estimate of drug-likeness (QED) is 0.763. The van der Waals surface area contributed by atoms with Gasteiger partial charge in [-0.05, 0) is 37.1 Å². The van der Waals surface area contributed by atoms with Crippen molar-refractivity contribution in [3.05, 3.63) is 34.3 Å². The van der Waals surface area contributed by atoms with Gasteiger partial charge in [-0.2, -0.15) is 0 Å². The molecule has 13 heavy (non-hydrogen) atoms. The van der Waals surface area contributed by atoms with Crippen molar-refractivity contribution in [2.75, 3.05) is 6.61 Å². The Bertz CT molecular complexity index is 290. The maximum absolute atomic E-state index is 9.06. The van der Waals surface area contributed by atoms with Crippen LogP contribution in [0.5, 0.6) is 0 Å². The van der Waals surface area contributed by atoms with Gasteiger partial charge in [0.1, 0.15) is 0 Å². The summed E-state index contributed by atoms with van der Waals surface area (Å²) in [5.74, 6) is 0. The van der Waals surface area contributed by atoms with Crippen molar-refractivity contribution >= 4 is 11.6 Å². The summed E-state index contributed by atoms with van der Waals surface area (Å²) in [5.41, 5.74) is 7.06. The molecule has 1 atom stereocenters. The number of benzene rings is 1. The van der Waals surface area contributed by atoms with Gasteiger partial charge in [-0.1, -0.05) is 17.7 Å². The van der Waals surface area contributed by atoms with Crippen LogP contribution in [-0.4, -0.2) is 11.7 Å². The molecule has 1 rings (SSSR count). The molecule has 0 aliphatic carbocycles. The van der Waals surface area contributed by atoms with E-state index in [1.165, 1.54) is 0 Å². The van der Waals surface area contributed by atoms with Gasteiger partial charge < -0.3 is 10.8 Å². The van der Waals surface area contributed by atoms with Crippen molar-refractivity contribution < 1.29 is 5.11 Å². The predicted octanol–water partition coefficient (Wildman–Crippen LogP) is 1.81. The molecular weight excluding hydrogens is 186 g/mol. The first kappa shape index (κ1) is 10.5. The Morgan fingerprint density at radius 3 is 2.54 bits per heavy atom. The topological polar surface area (TPSA) is 46.2 Å². The molecule has 0 bridgehead atoms. The van der Waals surface area contributed by atoms with Crippen molar-refractivity contribution in [1.82, 2.24) is 0 Å². The number of halogens is 1. The SMILES string of the molecule is Cc1cc(Cl)cc([C@](C)(N)CO)c1. The average Bonchev–Trinajstić information content (AvgIpc) is 2.02. The van der Waals surface area contributed by atoms with Crippen molar-refractivity contribution in [2.45, 2.75) is 19.4 Å². The minimum Gasteiger partial charge on any atom is -0.394 e. The van der Waals surface area contributed by atoms with Crippen molar-refractivity contribution in [3.63, 3.8) is 0 Å². The fourth-order valence-electron chi connectivity index (χ4n) is 1.16. The number of nitrogens with two attached hydrogens (primary N) is 1. The van der Waals surface area contributed by atoms with Gasteiger partial charge in [0, 0.05) is 5.02 Å². The minimum atomic E-state index is -0.713. The molecule has 0 aromatic heterocycles. The van der Waals surface area contributed by atoms with Crippen LogP contribution >= 0.6 is 11.6 Å². The molecule has 3 heteroatoms. The molecule has 3 N–H and O–H groups in total. The highest BCUT2D eigenvalue weighted by atomic mass is 35.5. The Morgan fingerprint density at radius 2 is 2.08 bits per heavy atom. The molecule has 2 nitrogen and oxygen atoms in total. The number of aryl methyl sites for hydroxylation is 1. The third kappa shape index (κ3) is 2.44. The fourth-order valence-corrected chi connectivity index (χ4v) is 1.45. The van der Waals surface area contributed by atoms with Crippen LogP contribution in [0.2, 0.25) is 5.02 Å².